The highest BCUT2D eigenvalue weighted by molar-refractivity contribution is 5.82. The van der Waals surface area contributed by atoms with E-state index in [1.807, 2.05) is 30.3 Å². The van der Waals surface area contributed by atoms with E-state index in [0.717, 1.165) is 38.3 Å². The smallest absolute Gasteiger partial charge is 0.151 e. The van der Waals surface area contributed by atoms with E-state index in [2.05, 4.69) is 9.80 Å². The van der Waals surface area contributed by atoms with Crippen molar-refractivity contribution in [3.05, 3.63) is 66.0 Å². The van der Waals surface area contributed by atoms with Crippen LogP contribution in [0.5, 0.6) is 5.75 Å². The fourth-order valence-corrected chi connectivity index (χ4v) is 3.12. The Kier molecular flexibility index (Phi) is 6.75. The lowest BCUT2D eigenvalue weighted by atomic mass is 10.1. The largest absolute Gasteiger partial charge is 0.492 e. The van der Waals surface area contributed by atoms with Crippen LogP contribution in [0, 0.1) is 5.82 Å². The van der Waals surface area contributed by atoms with Gasteiger partial charge in [-0.05, 0) is 29.8 Å². The number of hydrogen-bond acceptors (Lipinski definition) is 4. The summed E-state index contributed by atoms with van der Waals surface area (Å²) in [4.78, 5) is 16.8. The van der Waals surface area contributed by atoms with Crippen LogP contribution in [0.1, 0.15) is 5.56 Å². The normalized spacial score (nSPS) is 15.7. The Bertz CT molecular complexity index is 683. The number of carbonyl (C=O) groups excluding carboxylic acids is 1. The zero-order chi connectivity index (χ0) is 18.2. The van der Waals surface area contributed by atoms with Crippen molar-refractivity contribution in [2.45, 2.75) is 6.42 Å². The third-order valence-electron chi connectivity index (χ3n) is 4.60. The van der Waals surface area contributed by atoms with Crippen molar-refractivity contribution in [3.63, 3.8) is 0 Å². The minimum atomic E-state index is -0.254. The number of rotatable bonds is 8. The summed E-state index contributed by atoms with van der Waals surface area (Å²) >= 11 is 0. The molecule has 0 saturated carbocycles. The van der Waals surface area contributed by atoms with Crippen molar-refractivity contribution in [1.82, 2.24) is 9.80 Å². The zero-order valence-corrected chi connectivity index (χ0v) is 14.9. The van der Waals surface area contributed by atoms with Crippen LogP contribution in [-0.4, -0.2) is 61.5 Å². The summed E-state index contributed by atoms with van der Waals surface area (Å²) in [5.41, 5.74) is 1.08. The molecule has 4 nitrogen and oxygen atoms in total. The van der Waals surface area contributed by atoms with Crippen molar-refractivity contribution in [2.24, 2.45) is 0 Å². The molecule has 1 aliphatic rings. The average molecular weight is 356 g/mol. The van der Waals surface area contributed by atoms with E-state index in [9.17, 15) is 9.18 Å². The molecule has 5 heteroatoms. The molecule has 26 heavy (non-hydrogen) atoms. The lowest BCUT2D eigenvalue weighted by Gasteiger charge is -2.34. The van der Waals surface area contributed by atoms with E-state index in [1.54, 1.807) is 12.1 Å². The van der Waals surface area contributed by atoms with Gasteiger partial charge in [-0.1, -0.05) is 30.3 Å². The van der Waals surface area contributed by atoms with Crippen molar-refractivity contribution >= 4 is 5.78 Å². The van der Waals surface area contributed by atoms with E-state index in [4.69, 9.17) is 4.74 Å². The number of Topliss-reactive ketones (excluding diaryl/α,β-unsaturated/α-hetero) is 1. The summed E-state index contributed by atoms with van der Waals surface area (Å²) in [5, 5.41) is 0. The molecule has 1 saturated heterocycles. The molecule has 2 aromatic rings. The van der Waals surface area contributed by atoms with Crippen LogP contribution in [0.25, 0.3) is 0 Å². The molecule has 0 aromatic heterocycles. The molecule has 1 fully saturated rings. The van der Waals surface area contributed by atoms with Gasteiger partial charge in [-0.25, -0.2) is 4.39 Å². The fraction of sp³-hybridized carbons (Fsp3) is 0.381. The van der Waals surface area contributed by atoms with Gasteiger partial charge in [0, 0.05) is 39.1 Å². The maximum atomic E-state index is 12.9. The number of nitrogens with zero attached hydrogens (tertiary/aromatic N) is 2. The van der Waals surface area contributed by atoms with Crippen LogP contribution < -0.4 is 4.74 Å². The molecular formula is C21H25FN2O2. The molecule has 1 heterocycles. The van der Waals surface area contributed by atoms with Crippen molar-refractivity contribution < 1.29 is 13.9 Å². The molecular weight excluding hydrogens is 331 g/mol. The maximum Gasteiger partial charge on any atom is 0.151 e. The summed E-state index contributed by atoms with van der Waals surface area (Å²) in [6.45, 7) is 5.61. The third kappa shape index (κ3) is 5.93. The highest BCUT2D eigenvalue weighted by Crippen LogP contribution is 2.11. The molecule has 0 aliphatic carbocycles. The molecule has 0 unspecified atom stereocenters. The summed E-state index contributed by atoms with van der Waals surface area (Å²) in [6, 6.07) is 16.0. The Morgan fingerprint density at radius 1 is 0.923 bits per heavy atom. The van der Waals surface area contributed by atoms with E-state index >= 15 is 0 Å². The van der Waals surface area contributed by atoms with E-state index in [-0.39, 0.29) is 11.6 Å². The fourth-order valence-electron chi connectivity index (χ4n) is 3.12. The summed E-state index contributed by atoms with van der Waals surface area (Å²) < 4.78 is 18.5. The second-order valence-corrected chi connectivity index (χ2v) is 6.62. The van der Waals surface area contributed by atoms with Gasteiger partial charge in [-0.2, -0.15) is 0 Å². The van der Waals surface area contributed by atoms with Crippen molar-refractivity contribution in [3.8, 4) is 5.75 Å². The zero-order valence-electron chi connectivity index (χ0n) is 14.9. The number of ketones is 1. The molecule has 0 atom stereocenters. The van der Waals surface area contributed by atoms with Gasteiger partial charge < -0.3 is 4.74 Å². The second-order valence-electron chi connectivity index (χ2n) is 6.62. The first-order chi connectivity index (χ1) is 12.7. The van der Waals surface area contributed by atoms with Crippen LogP contribution >= 0.6 is 0 Å². The van der Waals surface area contributed by atoms with Gasteiger partial charge in [0.2, 0.25) is 0 Å². The summed E-state index contributed by atoms with van der Waals surface area (Å²) in [5.74, 6) is 0.705. The minimum absolute atomic E-state index is 0.254. The molecule has 0 amide bonds. The first-order valence-corrected chi connectivity index (χ1v) is 9.08. The number of piperazine rings is 1. The van der Waals surface area contributed by atoms with Crippen LogP contribution in [0.4, 0.5) is 4.39 Å². The Hall–Kier alpha value is -2.24. The highest BCUT2D eigenvalue weighted by Gasteiger charge is 2.18. The number of hydrogen-bond donors (Lipinski definition) is 0. The first kappa shape index (κ1) is 18.5. The van der Waals surface area contributed by atoms with Gasteiger partial charge in [0.1, 0.15) is 18.2 Å². The summed E-state index contributed by atoms with van der Waals surface area (Å²) in [6.07, 6.45) is 0.507. The highest BCUT2D eigenvalue weighted by atomic mass is 19.1. The molecule has 1 aliphatic heterocycles. The maximum absolute atomic E-state index is 12.9. The van der Waals surface area contributed by atoms with Gasteiger partial charge in [0.05, 0.1) is 6.54 Å². The van der Waals surface area contributed by atoms with Crippen LogP contribution in [-0.2, 0) is 11.2 Å². The van der Waals surface area contributed by atoms with E-state index < -0.39 is 0 Å². The van der Waals surface area contributed by atoms with Crippen LogP contribution in [0.3, 0.4) is 0 Å². The molecule has 0 bridgehead atoms. The second kappa shape index (κ2) is 9.46. The van der Waals surface area contributed by atoms with E-state index in [0.29, 0.717) is 25.3 Å². The standard InChI is InChI=1S/C21H25FN2O2/c22-19-6-8-21(9-7-19)26-15-14-23-10-12-24(13-11-23)17-20(25)16-18-4-2-1-3-5-18/h1-9H,10-17H2. The first-order valence-electron chi connectivity index (χ1n) is 9.08. The Labute approximate surface area is 154 Å². The topological polar surface area (TPSA) is 32.8 Å². The predicted molar refractivity (Wildman–Crippen MR) is 99.9 cm³/mol. The Morgan fingerprint density at radius 2 is 1.58 bits per heavy atom. The quantitative estimate of drug-likeness (QED) is 0.728. The minimum Gasteiger partial charge on any atom is -0.492 e. The Morgan fingerprint density at radius 3 is 2.27 bits per heavy atom. The third-order valence-corrected chi connectivity index (χ3v) is 4.60. The molecule has 2 aromatic carbocycles. The lowest BCUT2D eigenvalue weighted by Crippen LogP contribution is -2.48. The SMILES string of the molecule is O=C(Cc1ccccc1)CN1CCN(CCOc2ccc(F)cc2)CC1. The molecule has 0 N–H and O–H groups in total. The van der Waals surface area contributed by atoms with Gasteiger partial charge >= 0.3 is 0 Å². The number of ether oxygens (including phenoxy) is 1. The average Bonchev–Trinajstić information content (AvgIpc) is 2.65. The number of carbonyl (C=O) groups is 1. The monoisotopic (exact) mass is 356 g/mol. The van der Waals surface area contributed by atoms with E-state index in [1.165, 1.54) is 12.1 Å². The molecule has 0 radical (unpaired) electrons. The predicted octanol–water partition coefficient (Wildman–Crippen LogP) is 2.63. The molecule has 138 valence electrons. The molecule has 3 rings (SSSR count). The van der Waals surface area contributed by atoms with Crippen molar-refractivity contribution in [1.29, 1.82) is 0 Å². The van der Waals surface area contributed by atoms with Crippen LogP contribution in [0.15, 0.2) is 54.6 Å². The molecule has 0 spiro atoms. The number of benzene rings is 2. The van der Waals surface area contributed by atoms with Gasteiger partial charge in [0.15, 0.2) is 5.78 Å². The van der Waals surface area contributed by atoms with Gasteiger partial charge in [-0.3, -0.25) is 14.6 Å². The Balaban J connectivity index is 1.32. The number of halogens is 1. The van der Waals surface area contributed by atoms with Crippen molar-refractivity contribution in [2.75, 3.05) is 45.9 Å². The van der Waals surface area contributed by atoms with Gasteiger partial charge in [-0.15, -0.1) is 0 Å². The van der Waals surface area contributed by atoms with Gasteiger partial charge in [0.25, 0.3) is 0 Å². The summed E-state index contributed by atoms with van der Waals surface area (Å²) in [7, 11) is 0. The van der Waals surface area contributed by atoms with Crippen LogP contribution in [0.2, 0.25) is 0 Å². The lowest BCUT2D eigenvalue weighted by molar-refractivity contribution is -0.120.